The van der Waals surface area contributed by atoms with Crippen LogP contribution in [-0.4, -0.2) is 25.6 Å². The van der Waals surface area contributed by atoms with E-state index in [4.69, 9.17) is 4.74 Å². The molecule has 2 N–H and O–H groups in total. The van der Waals surface area contributed by atoms with Crippen LogP contribution in [0.2, 0.25) is 0 Å². The predicted octanol–water partition coefficient (Wildman–Crippen LogP) is 1.87. The lowest BCUT2D eigenvalue weighted by Gasteiger charge is -2.17. The van der Waals surface area contributed by atoms with Gasteiger partial charge in [-0.1, -0.05) is 18.2 Å². The molecule has 18 heavy (non-hydrogen) atoms. The van der Waals surface area contributed by atoms with Crippen LogP contribution < -0.4 is 15.4 Å². The zero-order valence-electron chi connectivity index (χ0n) is 11.5. The molecule has 0 saturated carbocycles. The van der Waals surface area contributed by atoms with Crippen molar-refractivity contribution in [2.45, 2.75) is 32.9 Å². The summed E-state index contributed by atoms with van der Waals surface area (Å²) in [5.41, 5.74) is 1.05. The van der Waals surface area contributed by atoms with E-state index in [1.54, 1.807) is 7.11 Å². The molecule has 0 saturated heterocycles. The predicted molar refractivity (Wildman–Crippen MR) is 72.7 cm³/mol. The fourth-order valence-electron chi connectivity index (χ4n) is 1.75. The average molecular weight is 250 g/mol. The number of amides is 1. The van der Waals surface area contributed by atoms with Crippen LogP contribution in [0, 0.1) is 0 Å². The Labute approximate surface area is 109 Å². The summed E-state index contributed by atoms with van der Waals surface area (Å²) in [5.74, 6) is 0.841. The number of rotatable bonds is 6. The third kappa shape index (κ3) is 4.37. The SMILES string of the molecule is COc1ccccc1C(C)NCC(=O)NC(C)C. The van der Waals surface area contributed by atoms with Gasteiger partial charge in [-0.2, -0.15) is 0 Å². The second-order valence-electron chi connectivity index (χ2n) is 4.57. The molecular weight excluding hydrogens is 228 g/mol. The Kier molecular flexibility index (Phi) is 5.65. The number of ether oxygens (including phenoxy) is 1. The molecule has 1 unspecified atom stereocenters. The quantitative estimate of drug-likeness (QED) is 0.810. The summed E-state index contributed by atoms with van der Waals surface area (Å²) >= 11 is 0. The molecule has 4 nitrogen and oxygen atoms in total. The summed E-state index contributed by atoms with van der Waals surface area (Å²) in [4.78, 5) is 11.5. The van der Waals surface area contributed by atoms with E-state index in [9.17, 15) is 4.79 Å². The maximum Gasteiger partial charge on any atom is 0.234 e. The van der Waals surface area contributed by atoms with Crippen molar-refractivity contribution in [1.82, 2.24) is 10.6 Å². The minimum absolute atomic E-state index is 0.00625. The van der Waals surface area contributed by atoms with E-state index in [0.29, 0.717) is 6.54 Å². The van der Waals surface area contributed by atoms with E-state index in [1.807, 2.05) is 45.0 Å². The lowest BCUT2D eigenvalue weighted by Crippen LogP contribution is -2.38. The van der Waals surface area contributed by atoms with E-state index < -0.39 is 0 Å². The number of nitrogens with one attached hydrogen (secondary N) is 2. The van der Waals surface area contributed by atoms with Gasteiger partial charge in [0.2, 0.25) is 5.91 Å². The number of para-hydroxylation sites is 1. The molecule has 1 rings (SSSR count). The number of benzene rings is 1. The van der Waals surface area contributed by atoms with Gasteiger partial charge in [0, 0.05) is 17.6 Å². The number of hydrogen-bond acceptors (Lipinski definition) is 3. The highest BCUT2D eigenvalue weighted by atomic mass is 16.5. The first-order valence-corrected chi connectivity index (χ1v) is 6.20. The molecule has 0 heterocycles. The summed E-state index contributed by atoms with van der Waals surface area (Å²) < 4.78 is 5.30. The molecule has 0 spiro atoms. The van der Waals surface area contributed by atoms with E-state index in [2.05, 4.69) is 10.6 Å². The number of carbonyl (C=O) groups is 1. The fraction of sp³-hybridized carbons (Fsp3) is 0.500. The van der Waals surface area contributed by atoms with Gasteiger partial charge in [0.25, 0.3) is 0 Å². The molecule has 1 atom stereocenters. The number of methoxy groups -OCH3 is 1. The molecule has 0 aliphatic rings. The molecule has 0 aromatic heterocycles. The Morgan fingerprint density at radius 3 is 2.56 bits per heavy atom. The Bertz CT molecular complexity index is 391. The van der Waals surface area contributed by atoms with Crippen LogP contribution in [0.15, 0.2) is 24.3 Å². The normalized spacial score (nSPS) is 12.3. The van der Waals surface area contributed by atoms with Gasteiger partial charge >= 0.3 is 0 Å². The standard InChI is InChI=1S/C14H22N2O2/c1-10(2)16-14(17)9-15-11(3)12-7-5-6-8-13(12)18-4/h5-8,10-11,15H,9H2,1-4H3,(H,16,17). The van der Waals surface area contributed by atoms with Gasteiger partial charge in [-0.15, -0.1) is 0 Å². The van der Waals surface area contributed by atoms with Gasteiger partial charge in [-0.05, 0) is 26.8 Å². The highest BCUT2D eigenvalue weighted by molar-refractivity contribution is 5.78. The van der Waals surface area contributed by atoms with Gasteiger partial charge in [0.05, 0.1) is 13.7 Å². The maximum absolute atomic E-state index is 11.5. The van der Waals surface area contributed by atoms with Crippen molar-refractivity contribution >= 4 is 5.91 Å². The highest BCUT2D eigenvalue weighted by Gasteiger charge is 2.11. The molecular formula is C14H22N2O2. The van der Waals surface area contributed by atoms with E-state index in [1.165, 1.54) is 0 Å². The van der Waals surface area contributed by atoms with Gasteiger partial charge in [0.1, 0.15) is 5.75 Å². The second kappa shape index (κ2) is 7.01. The number of carbonyl (C=O) groups excluding carboxylic acids is 1. The minimum Gasteiger partial charge on any atom is -0.496 e. The molecule has 1 aromatic rings. The molecule has 0 aliphatic heterocycles. The van der Waals surface area contributed by atoms with Crippen molar-refractivity contribution in [2.75, 3.05) is 13.7 Å². The summed E-state index contributed by atoms with van der Waals surface area (Å²) in [6.07, 6.45) is 0. The molecule has 0 aliphatic carbocycles. The largest absolute Gasteiger partial charge is 0.496 e. The van der Waals surface area contributed by atoms with E-state index in [-0.39, 0.29) is 18.0 Å². The third-order valence-corrected chi connectivity index (χ3v) is 2.62. The molecule has 100 valence electrons. The average Bonchev–Trinajstić information content (AvgIpc) is 2.35. The van der Waals surface area contributed by atoms with Crippen molar-refractivity contribution in [2.24, 2.45) is 0 Å². The lowest BCUT2D eigenvalue weighted by atomic mass is 10.1. The zero-order chi connectivity index (χ0) is 13.5. The van der Waals surface area contributed by atoms with E-state index in [0.717, 1.165) is 11.3 Å². The Morgan fingerprint density at radius 2 is 1.94 bits per heavy atom. The summed E-state index contributed by atoms with van der Waals surface area (Å²) in [6, 6.07) is 8.04. The molecule has 4 heteroatoms. The van der Waals surface area contributed by atoms with Crippen molar-refractivity contribution in [3.05, 3.63) is 29.8 Å². The van der Waals surface area contributed by atoms with Crippen LogP contribution in [-0.2, 0) is 4.79 Å². The van der Waals surface area contributed by atoms with Gasteiger partial charge in [-0.25, -0.2) is 0 Å². The van der Waals surface area contributed by atoms with Gasteiger partial charge in [0.15, 0.2) is 0 Å². The third-order valence-electron chi connectivity index (χ3n) is 2.62. The molecule has 1 aromatic carbocycles. The summed E-state index contributed by atoms with van der Waals surface area (Å²) in [5, 5.41) is 6.03. The van der Waals surface area contributed by atoms with Gasteiger partial charge < -0.3 is 15.4 Å². The zero-order valence-corrected chi connectivity index (χ0v) is 11.5. The molecule has 0 radical (unpaired) electrons. The molecule has 0 fully saturated rings. The van der Waals surface area contributed by atoms with Crippen LogP contribution in [0.3, 0.4) is 0 Å². The molecule has 0 bridgehead atoms. The first-order chi connectivity index (χ1) is 8.54. The minimum atomic E-state index is 0.00625. The van der Waals surface area contributed by atoms with Crippen LogP contribution >= 0.6 is 0 Å². The highest BCUT2D eigenvalue weighted by Crippen LogP contribution is 2.23. The fourth-order valence-corrected chi connectivity index (χ4v) is 1.75. The second-order valence-corrected chi connectivity index (χ2v) is 4.57. The Balaban J connectivity index is 2.55. The Hall–Kier alpha value is -1.55. The first kappa shape index (κ1) is 14.5. The van der Waals surface area contributed by atoms with Crippen LogP contribution in [0.1, 0.15) is 32.4 Å². The Morgan fingerprint density at radius 1 is 1.28 bits per heavy atom. The smallest absolute Gasteiger partial charge is 0.234 e. The maximum atomic E-state index is 11.5. The van der Waals surface area contributed by atoms with Crippen LogP contribution in [0.25, 0.3) is 0 Å². The summed E-state index contributed by atoms with van der Waals surface area (Å²) in [6.45, 7) is 6.21. The van der Waals surface area contributed by atoms with Crippen LogP contribution in [0.4, 0.5) is 0 Å². The monoisotopic (exact) mass is 250 g/mol. The van der Waals surface area contributed by atoms with Crippen molar-refractivity contribution in [1.29, 1.82) is 0 Å². The first-order valence-electron chi connectivity index (χ1n) is 6.20. The van der Waals surface area contributed by atoms with Crippen LogP contribution in [0.5, 0.6) is 5.75 Å². The summed E-state index contributed by atoms with van der Waals surface area (Å²) in [7, 11) is 1.65. The van der Waals surface area contributed by atoms with Gasteiger partial charge in [-0.3, -0.25) is 4.79 Å². The van der Waals surface area contributed by atoms with E-state index >= 15 is 0 Å². The van der Waals surface area contributed by atoms with Crippen molar-refractivity contribution in [3.63, 3.8) is 0 Å². The number of hydrogen-bond donors (Lipinski definition) is 2. The van der Waals surface area contributed by atoms with Crippen molar-refractivity contribution in [3.8, 4) is 5.75 Å². The molecule has 1 amide bonds. The topological polar surface area (TPSA) is 50.4 Å². The lowest BCUT2D eigenvalue weighted by molar-refractivity contribution is -0.120. The van der Waals surface area contributed by atoms with Crippen molar-refractivity contribution < 1.29 is 9.53 Å².